The van der Waals surface area contributed by atoms with Crippen molar-refractivity contribution in [2.24, 2.45) is 0 Å². The molecule has 0 saturated carbocycles. The van der Waals surface area contributed by atoms with Crippen LogP contribution < -0.4 is 0 Å². The molecule has 2 aromatic rings. The molecule has 0 radical (unpaired) electrons. The zero-order valence-corrected chi connectivity index (χ0v) is 14.9. The van der Waals surface area contributed by atoms with E-state index in [1.807, 2.05) is 18.2 Å². The third-order valence-electron chi connectivity index (χ3n) is 5.41. The summed E-state index contributed by atoms with van der Waals surface area (Å²) in [5.74, 6) is -0.290. The average Bonchev–Trinajstić information content (AvgIpc) is 2.60. The first-order chi connectivity index (χ1) is 11.9. The van der Waals surface area contributed by atoms with Crippen LogP contribution in [0.4, 0.5) is 4.39 Å². The number of piperidine rings is 1. The van der Waals surface area contributed by atoms with Crippen LogP contribution in [0.15, 0.2) is 42.5 Å². The van der Waals surface area contributed by atoms with Gasteiger partial charge in [0.2, 0.25) is 0 Å². The number of hydrogen-bond acceptors (Lipinski definition) is 3. The molecular formula is C21H26FNO2. The number of halogens is 1. The quantitative estimate of drug-likeness (QED) is 0.893. The fourth-order valence-corrected chi connectivity index (χ4v) is 3.48. The van der Waals surface area contributed by atoms with Crippen LogP contribution in [0.1, 0.15) is 41.2 Å². The van der Waals surface area contributed by atoms with Gasteiger partial charge in [-0.1, -0.05) is 30.3 Å². The largest absolute Gasteiger partial charge is 0.387 e. The van der Waals surface area contributed by atoms with Crippen molar-refractivity contribution in [2.45, 2.75) is 38.4 Å². The zero-order chi connectivity index (χ0) is 18.0. The second kappa shape index (κ2) is 7.24. The Morgan fingerprint density at radius 2 is 1.68 bits per heavy atom. The Balaban J connectivity index is 1.60. The van der Waals surface area contributed by atoms with E-state index in [1.54, 1.807) is 12.1 Å². The van der Waals surface area contributed by atoms with Crippen LogP contribution in [0.3, 0.4) is 0 Å². The number of likely N-dealkylation sites (tertiary alicyclic amines) is 1. The van der Waals surface area contributed by atoms with Crippen molar-refractivity contribution in [1.82, 2.24) is 4.90 Å². The van der Waals surface area contributed by atoms with Crippen LogP contribution >= 0.6 is 0 Å². The molecule has 0 aliphatic carbocycles. The minimum Gasteiger partial charge on any atom is -0.387 e. The summed E-state index contributed by atoms with van der Waals surface area (Å²) in [6.45, 7) is 6.08. The monoisotopic (exact) mass is 343 g/mol. The number of aryl methyl sites for hydroxylation is 2. The molecule has 3 nitrogen and oxygen atoms in total. The summed E-state index contributed by atoms with van der Waals surface area (Å²) in [4.78, 5) is 2.18. The molecule has 0 aromatic heterocycles. The van der Waals surface area contributed by atoms with Crippen molar-refractivity contribution in [3.63, 3.8) is 0 Å². The summed E-state index contributed by atoms with van der Waals surface area (Å²) in [5, 5.41) is 21.4. The molecule has 0 amide bonds. The Kier molecular flexibility index (Phi) is 5.23. The molecule has 3 rings (SSSR count). The van der Waals surface area contributed by atoms with Gasteiger partial charge in [-0.05, 0) is 61.1 Å². The van der Waals surface area contributed by atoms with Crippen molar-refractivity contribution in [1.29, 1.82) is 0 Å². The Morgan fingerprint density at radius 1 is 1.04 bits per heavy atom. The zero-order valence-electron chi connectivity index (χ0n) is 14.9. The van der Waals surface area contributed by atoms with Crippen molar-refractivity contribution >= 4 is 0 Å². The van der Waals surface area contributed by atoms with Gasteiger partial charge in [-0.2, -0.15) is 0 Å². The molecule has 2 N–H and O–H groups in total. The molecule has 1 heterocycles. The van der Waals surface area contributed by atoms with Crippen LogP contribution in [0.25, 0.3) is 0 Å². The van der Waals surface area contributed by atoms with Crippen LogP contribution in [0, 0.1) is 19.7 Å². The summed E-state index contributed by atoms with van der Waals surface area (Å²) >= 11 is 0. The fourth-order valence-electron chi connectivity index (χ4n) is 3.48. The first-order valence-corrected chi connectivity index (χ1v) is 8.83. The van der Waals surface area contributed by atoms with E-state index in [0.29, 0.717) is 32.5 Å². The normalized spacial score (nSPS) is 18.9. The van der Waals surface area contributed by atoms with E-state index in [2.05, 4.69) is 18.7 Å². The second-order valence-electron chi connectivity index (χ2n) is 7.20. The molecule has 1 saturated heterocycles. The van der Waals surface area contributed by atoms with Gasteiger partial charge in [0.1, 0.15) is 5.82 Å². The molecule has 1 unspecified atom stereocenters. The number of rotatable bonds is 4. The van der Waals surface area contributed by atoms with Gasteiger partial charge in [-0.15, -0.1) is 0 Å². The molecule has 1 aliphatic rings. The standard InChI is InChI=1S/C21H26FNO2/c1-15-3-4-17(13-16(15)2)20(24)14-23-11-9-21(25,10-12-23)18-5-7-19(22)8-6-18/h3-8,13,20,24-25H,9-12,14H2,1-2H3. The topological polar surface area (TPSA) is 43.7 Å². The van der Waals surface area contributed by atoms with E-state index in [9.17, 15) is 14.6 Å². The van der Waals surface area contributed by atoms with Crippen LogP contribution in [-0.2, 0) is 5.60 Å². The maximum absolute atomic E-state index is 13.1. The van der Waals surface area contributed by atoms with Crippen molar-refractivity contribution in [3.8, 4) is 0 Å². The number of hydrogen-bond donors (Lipinski definition) is 2. The van der Waals surface area contributed by atoms with Crippen molar-refractivity contribution in [2.75, 3.05) is 19.6 Å². The lowest BCUT2D eigenvalue weighted by Crippen LogP contribution is -2.44. The average molecular weight is 343 g/mol. The maximum Gasteiger partial charge on any atom is 0.123 e. The first kappa shape index (κ1) is 18.1. The van der Waals surface area contributed by atoms with E-state index in [1.165, 1.54) is 23.3 Å². The number of nitrogens with zero attached hydrogens (tertiary/aromatic N) is 1. The van der Waals surface area contributed by atoms with Gasteiger partial charge in [-0.3, -0.25) is 0 Å². The molecule has 25 heavy (non-hydrogen) atoms. The summed E-state index contributed by atoms with van der Waals surface area (Å²) in [7, 11) is 0. The lowest BCUT2D eigenvalue weighted by Gasteiger charge is -2.39. The summed E-state index contributed by atoms with van der Waals surface area (Å²) in [5.41, 5.74) is 3.19. The summed E-state index contributed by atoms with van der Waals surface area (Å²) in [6.07, 6.45) is 0.632. The number of benzene rings is 2. The van der Waals surface area contributed by atoms with Crippen molar-refractivity contribution in [3.05, 3.63) is 70.5 Å². The molecule has 134 valence electrons. The molecule has 0 bridgehead atoms. The Labute approximate surface area is 148 Å². The molecular weight excluding hydrogens is 317 g/mol. The summed E-state index contributed by atoms with van der Waals surface area (Å²) < 4.78 is 13.1. The minimum absolute atomic E-state index is 0.290. The van der Waals surface area contributed by atoms with Crippen molar-refractivity contribution < 1.29 is 14.6 Å². The van der Waals surface area contributed by atoms with Gasteiger partial charge >= 0.3 is 0 Å². The molecule has 0 spiro atoms. The number of aliphatic hydroxyl groups excluding tert-OH is 1. The molecule has 1 atom stereocenters. The molecule has 1 aliphatic heterocycles. The highest BCUT2D eigenvalue weighted by Crippen LogP contribution is 2.33. The maximum atomic E-state index is 13.1. The molecule has 1 fully saturated rings. The Morgan fingerprint density at radius 3 is 2.28 bits per heavy atom. The van der Waals surface area contributed by atoms with Crippen LogP contribution in [0.5, 0.6) is 0 Å². The predicted octanol–water partition coefficient (Wildman–Crippen LogP) is 3.46. The van der Waals surface area contributed by atoms with Gasteiger partial charge in [-0.25, -0.2) is 4.39 Å². The molecule has 4 heteroatoms. The van der Waals surface area contributed by atoms with Gasteiger partial charge in [0, 0.05) is 19.6 Å². The lowest BCUT2D eigenvalue weighted by atomic mass is 9.84. The lowest BCUT2D eigenvalue weighted by molar-refractivity contribution is -0.0345. The minimum atomic E-state index is -0.907. The second-order valence-corrected chi connectivity index (χ2v) is 7.20. The number of aliphatic hydroxyl groups is 2. The SMILES string of the molecule is Cc1ccc(C(O)CN2CCC(O)(c3ccc(F)cc3)CC2)cc1C. The fraction of sp³-hybridized carbons (Fsp3) is 0.429. The van der Waals surface area contributed by atoms with E-state index in [0.717, 1.165) is 11.1 Å². The third-order valence-corrected chi connectivity index (χ3v) is 5.41. The first-order valence-electron chi connectivity index (χ1n) is 8.83. The Bertz CT molecular complexity index is 721. The van der Waals surface area contributed by atoms with Gasteiger partial charge in [0.05, 0.1) is 11.7 Å². The van der Waals surface area contributed by atoms with Gasteiger partial charge in [0.25, 0.3) is 0 Å². The van der Waals surface area contributed by atoms with E-state index >= 15 is 0 Å². The van der Waals surface area contributed by atoms with E-state index < -0.39 is 11.7 Å². The number of β-amino-alcohol motifs (C(OH)–C–C–N with tert-alkyl or cyclic N) is 1. The highest BCUT2D eigenvalue weighted by atomic mass is 19.1. The van der Waals surface area contributed by atoms with E-state index in [4.69, 9.17) is 0 Å². The smallest absolute Gasteiger partial charge is 0.123 e. The third kappa shape index (κ3) is 4.09. The Hall–Kier alpha value is -1.75. The van der Waals surface area contributed by atoms with Gasteiger partial charge < -0.3 is 15.1 Å². The summed E-state index contributed by atoms with van der Waals surface area (Å²) in [6, 6.07) is 12.2. The van der Waals surface area contributed by atoms with E-state index in [-0.39, 0.29) is 5.82 Å². The van der Waals surface area contributed by atoms with Crippen LogP contribution in [0.2, 0.25) is 0 Å². The highest BCUT2D eigenvalue weighted by Gasteiger charge is 2.34. The highest BCUT2D eigenvalue weighted by molar-refractivity contribution is 5.31. The van der Waals surface area contributed by atoms with Crippen LogP contribution in [-0.4, -0.2) is 34.7 Å². The van der Waals surface area contributed by atoms with Gasteiger partial charge in [0.15, 0.2) is 0 Å². The predicted molar refractivity (Wildman–Crippen MR) is 96.8 cm³/mol. The molecule has 2 aromatic carbocycles.